The van der Waals surface area contributed by atoms with Crippen molar-refractivity contribution in [3.8, 4) is 0 Å². The van der Waals surface area contributed by atoms with Crippen molar-refractivity contribution in [1.29, 1.82) is 0 Å². The molecule has 5 nitrogen and oxygen atoms in total. The standard InChI is InChI=1S/C10H11N5S/c1-7-3-4-13-10(14-7)16-9-6-12-5-8(11-2)15-9/h3-6H,1-2H3,(H,11,15). The molecule has 0 aliphatic heterocycles. The summed E-state index contributed by atoms with van der Waals surface area (Å²) in [5, 5.41) is 4.40. The van der Waals surface area contributed by atoms with Crippen LogP contribution in [0.2, 0.25) is 0 Å². The average molecular weight is 233 g/mol. The van der Waals surface area contributed by atoms with E-state index >= 15 is 0 Å². The Kier molecular flexibility index (Phi) is 3.31. The lowest BCUT2D eigenvalue weighted by Crippen LogP contribution is -1.95. The van der Waals surface area contributed by atoms with Gasteiger partial charge in [-0.1, -0.05) is 0 Å². The number of hydrogen-bond acceptors (Lipinski definition) is 6. The lowest BCUT2D eigenvalue weighted by atomic mass is 10.5. The summed E-state index contributed by atoms with van der Waals surface area (Å²) in [5.41, 5.74) is 0.940. The highest BCUT2D eigenvalue weighted by Crippen LogP contribution is 2.22. The quantitative estimate of drug-likeness (QED) is 0.815. The Labute approximate surface area is 97.8 Å². The third kappa shape index (κ3) is 2.66. The van der Waals surface area contributed by atoms with E-state index in [1.54, 1.807) is 18.6 Å². The van der Waals surface area contributed by atoms with Gasteiger partial charge in [-0.3, -0.25) is 4.98 Å². The number of aryl methyl sites for hydroxylation is 1. The Bertz CT molecular complexity index is 488. The Morgan fingerprint density at radius 1 is 1.25 bits per heavy atom. The van der Waals surface area contributed by atoms with Crippen LogP contribution in [-0.4, -0.2) is 27.0 Å². The molecule has 0 aliphatic rings. The average Bonchev–Trinajstić information content (AvgIpc) is 2.29. The molecule has 2 heterocycles. The van der Waals surface area contributed by atoms with Gasteiger partial charge in [0.15, 0.2) is 5.16 Å². The molecule has 2 aromatic rings. The van der Waals surface area contributed by atoms with Crippen molar-refractivity contribution in [2.75, 3.05) is 12.4 Å². The first-order chi connectivity index (χ1) is 7.78. The van der Waals surface area contributed by atoms with Crippen LogP contribution in [0.3, 0.4) is 0 Å². The number of aromatic nitrogens is 4. The van der Waals surface area contributed by atoms with Crippen LogP contribution in [0, 0.1) is 6.92 Å². The Morgan fingerprint density at radius 3 is 2.88 bits per heavy atom. The van der Waals surface area contributed by atoms with Gasteiger partial charge in [-0.05, 0) is 24.8 Å². The van der Waals surface area contributed by atoms with E-state index in [0.717, 1.165) is 16.5 Å². The second-order valence-electron chi connectivity index (χ2n) is 3.08. The van der Waals surface area contributed by atoms with E-state index in [-0.39, 0.29) is 0 Å². The van der Waals surface area contributed by atoms with Crippen molar-refractivity contribution in [2.45, 2.75) is 17.1 Å². The maximum atomic E-state index is 4.33. The molecule has 82 valence electrons. The molecular weight excluding hydrogens is 222 g/mol. The van der Waals surface area contributed by atoms with Gasteiger partial charge in [0.25, 0.3) is 0 Å². The number of nitrogens with one attached hydrogen (secondary N) is 1. The summed E-state index contributed by atoms with van der Waals surface area (Å²) >= 11 is 1.40. The molecule has 1 N–H and O–H groups in total. The molecule has 0 saturated heterocycles. The zero-order valence-electron chi connectivity index (χ0n) is 9.01. The monoisotopic (exact) mass is 233 g/mol. The number of anilines is 1. The maximum Gasteiger partial charge on any atom is 0.194 e. The highest BCUT2D eigenvalue weighted by Gasteiger charge is 2.03. The van der Waals surface area contributed by atoms with Crippen molar-refractivity contribution < 1.29 is 0 Å². The molecule has 0 aliphatic carbocycles. The molecule has 2 aromatic heterocycles. The first-order valence-electron chi connectivity index (χ1n) is 4.75. The lowest BCUT2D eigenvalue weighted by Gasteiger charge is -2.02. The van der Waals surface area contributed by atoms with Gasteiger partial charge in [0.2, 0.25) is 0 Å². The van der Waals surface area contributed by atoms with E-state index in [4.69, 9.17) is 0 Å². The molecule has 6 heteroatoms. The predicted octanol–water partition coefficient (Wildman–Crippen LogP) is 1.77. The van der Waals surface area contributed by atoms with Crippen LogP contribution in [0.1, 0.15) is 5.69 Å². The lowest BCUT2D eigenvalue weighted by molar-refractivity contribution is 0.925. The summed E-state index contributed by atoms with van der Waals surface area (Å²) < 4.78 is 0. The van der Waals surface area contributed by atoms with Gasteiger partial charge in [-0.2, -0.15) is 0 Å². The largest absolute Gasteiger partial charge is 0.372 e. The van der Waals surface area contributed by atoms with Crippen molar-refractivity contribution in [3.05, 3.63) is 30.4 Å². The first-order valence-corrected chi connectivity index (χ1v) is 5.57. The van der Waals surface area contributed by atoms with Gasteiger partial charge >= 0.3 is 0 Å². The first kappa shape index (κ1) is 10.8. The molecule has 0 saturated carbocycles. The minimum Gasteiger partial charge on any atom is -0.372 e. The van der Waals surface area contributed by atoms with Crippen molar-refractivity contribution in [3.63, 3.8) is 0 Å². The molecule has 0 unspecified atom stereocenters. The van der Waals surface area contributed by atoms with Crippen LogP contribution < -0.4 is 5.32 Å². The fourth-order valence-electron chi connectivity index (χ4n) is 1.09. The minimum atomic E-state index is 0.683. The topological polar surface area (TPSA) is 63.6 Å². The SMILES string of the molecule is CNc1cncc(Sc2nccc(C)n2)n1. The van der Waals surface area contributed by atoms with Crippen LogP contribution >= 0.6 is 11.8 Å². The fourth-order valence-corrected chi connectivity index (χ4v) is 1.83. The molecule has 16 heavy (non-hydrogen) atoms. The molecule has 0 radical (unpaired) electrons. The van der Waals surface area contributed by atoms with E-state index in [1.165, 1.54) is 11.8 Å². The zero-order valence-corrected chi connectivity index (χ0v) is 9.82. The highest BCUT2D eigenvalue weighted by atomic mass is 32.2. The summed E-state index contributed by atoms with van der Waals surface area (Å²) in [6, 6.07) is 1.86. The Morgan fingerprint density at radius 2 is 2.12 bits per heavy atom. The van der Waals surface area contributed by atoms with E-state index in [9.17, 15) is 0 Å². The molecule has 2 rings (SSSR count). The molecular formula is C10H11N5S. The van der Waals surface area contributed by atoms with Crippen LogP contribution in [-0.2, 0) is 0 Å². The normalized spacial score (nSPS) is 10.1. The summed E-state index contributed by atoms with van der Waals surface area (Å²) in [7, 11) is 1.81. The fraction of sp³-hybridized carbons (Fsp3) is 0.200. The van der Waals surface area contributed by atoms with Crippen LogP contribution in [0.5, 0.6) is 0 Å². The van der Waals surface area contributed by atoms with E-state index in [0.29, 0.717) is 5.16 Å². The molecule has 0 aromatic carbocycles. The zero-order chi connectivity index (χ0) is 11.4. The smallest absolute Gasteiger partial charge is 0.194 e. The van der Waals surface area contributed by atoms with Gasteiger partial charge in [-0.15, -0.1) is 0 Å². The van der Waals surface area contributed by atoms with Gasteiger partial charge in [0, 0.05) is 18.9 Å². The molecule has 0 spiro atoms. The Hall–Kier alpha value is -1.69. The van der Waals surface area contributed by atoms with Gasteiger partial charge < -0.3 is 5.32 Å². The third-order valence-corrected chi connectivity index (χ3v) is 2.62. The molecule has 0 bridgehead atoms. The summed E-state index contributed by atoms with van der Waals surface area (Å²) in [5.74, 6) is 0.734. The number of rotatable bonds is 3. The van der Waals surface area contributed by atoms with Crippen molar-refractivity contribution >= 4 is 17.6 Å². The number of hydrogen-bond donors (Lipinski definition) is 1. The predicted molar refractivity (Wildman–Crippen MR) is 62.5 cm³/mol. The molecule has 0 fully saturated rings. The van der Waals surface area contributed by atoms with Gasteiger partial charge in [0.05, 0.1) is 12.4 Å². The van der Waals surface area contributed by atoms with Gasteiger partial charge in [-0.25, -0.2) is 15.0 Å². The highest BCUT2D eigenvalue weighted by molar-refractivity contribution is 7.99. The maximum absolute atomic E-state index is 4.33. The van der Waals surface area contributed by atoms with Crippen LogP contribution in [0.15, 0.2) is 34.8 Å². The molecule has 0 atom stereocenters. The summed E-state index contributed by atoms with van der Waals surface area (Å²) in [6.07, 6.45) is 5.10. The minimum absolute atomic E-state index is 0.683. The summed E-state index contributed by atoms with van der Waals surface area (Å²) in [4.78, 5) is 16.8. The van der Waals surface area contributed by atoms with Crippen LogP contribution in [0.4, 0.5) is 5.82 Å². The third-order valence-electron chi connectivity index (χ3n) is 1.84. The molecule has 0 amide bonds. The second kappa shape index (κ2) is 4.89. The van der Waals surface area contributed by atoms with Crippen molar-refractivity contribution in [1.82, 2.24) is 19.9 Å². The number of nitrogens with zero attached hydrogens (tertiary/aromatic N) is 4. The Balaban J connectivity index is 2.20. The van der Waals surface area contributed by atoms with Crippen molar-refractivity contribution in [2.24, 2.45) is 0 Å². The summed E-state index contributed by atoms with van der Waals surface area (Å²) in [6.45, 7) is 1.93. The van der Waals surface area contributed by atoms with Crippen LogP contribution in [0.25, 0.3) is 0 Å². The second-order valence-corrected chi connectivity index (χ2v) is 4.06. The van der Waals surface area contributed by atoms with E-state index in [2.05, 4.69) is 25.3 Å². The van der Waals surface area contributed by atoms with Gasteiger partial charge in [0.1, 0.15) is 10.8 Å². The van der Waals surface area contributed by atoms with E-state index < -0.39 is 0 Å². The van der Waals surface area contributed by atoms with E-state index in [1.807, 2.05) is 20.0 Å².